The minimum Gasteiger partial charge on any atom is -0.389 e. The molecule has 0 bridgehead atoms. The van der Waals surface area contributed by atoms with Gasteiger partial charge < -0.3 is 5.73 Å². The summed E-state index contributed by atoms with van der Waals surface area (Å²) in [5.41, 5.74) is 7.18. The fourth-order valence-corrected chi connectivity index (χ4v) is 4.02. The fourth-order valence-electron chi connectivity index (χ4n) is 1.48. The number of thiocarbonyl (C=S) groups is 1. The number of aryl methyl sites for hydroxylation is 2. The van der Waals surface area contributed by atoms with E-state index < -0.39 is 10.0 Å². The summed E-state index contributed by atoms with van der Waals surface area (Å²) in [5, 5.41) is 6.66. The molecule has 9 heteroatoms. The van der Waals surface area contributed by atoms with Crippen LogP contribution in [0.3, 0.4) is 0 Å². The van der Waals surface area contributed by atoms with Crippen LogP contribution in [0.25, 0.3) is 0 Å². The third kappa shape index (κ3) is 2.77. The molecule has 2 heterocycles. The van der Waals surface area contributed by atoms with Gasteiger partial charge in [-0.3, -0.25) is 9.82 Å². The van der Waals surface area contributed by atoms with E-state index in [1.807, 2.05) is 0 Å². The summed E-state index contributed by atoms with van der Waals surface area (Å²) < 4.78 is 27.1. The number of H-pyrrole nitrogens is 1. The lowest BCUT2D eigenvalue weighted by atomic mass is 10.3. The highest BCUT2D eigenvalue weighted by atomic mass is 32.2. The molecule has 102 valence electrons. The van der Waals surface area contributed by atoms with E-state index in [2.05, 4.69) is 14.9 Å². The SMILES string of the molecule is Cc1n[nH]c(C)c1NS(=O)(=O)c1ccc(C(N)=S)s1. The molecule has 4 N–H and O–H groups in total. The molecule has 0 unspecified atom stereocenters. The van der Waals surface area contributed by atoms with E-state index in [4.69, 9.17) is 18.0 Å². The molecule has 0 fully saturated rings. The van der Waals surface area contributed by atoms with Gasteiger partial charge in [0.15, 0.2) is 0 Å². The van der Waals surface area contributed by atoms with Gasteiger partial charge in [-0.15, -0.1) is 11.3 Å². The second-order valence-corrected chi connectivity index (χ2v) is 7.33. The first-order valence-electron chi connectivity index (χ1n) is 5.25. The number of hydrogen-bond donors (Lipinski definition) is 3. The highest BCUT2D eigenvalue weighted by molar-refractivity contribution is 7.94. The Morgan fingerprint density at radius 2 is 2.16 bits per heavy atom. The van der Waals surface area contributed by atoms with Crippen molar-refractivity contribution in [1.82, 2.24) is 10.2 Å². The summed E-state index contributed by atoms with van der Waals surface area (Å²) in [6, 6.07) is 3.07. The third-order valence-electron chi connectivity index (χ3n) is 2.45. The Hall–Kier alpha value is -1.45. The fraction of sp³-hybridized carbons (Fsp3) is 0.200. The number of aromatic amines is 1. The maximum atomic E-state index is 12.2. The van der Waals surface area contributed by atoms with E-state index >= 15 is 0 Å². The van der Waals surface area contributed by atoms with Gasteiger partial charge in [-0.25, -0.2) is 8.42 Å². The number of nitrogens with one attached hydrogen (secondary N) is 2. The van der Waals surface area contributed by atoms with E-state index in [1.54, 1.807) is 19.9 Å². The van der Waals surface area contributed by atoms with Crippen molar-refractivity contribution in [3.63, 3.8) is 0 Å². The second-order valence-electron chi connectivity index (χ2n) is 3.90. The standard InChI is InChI=1S/C10H12N4O2S3/c1-5-9(6(2)13-12-5)14-19(15,16)8-4-3-7(18-8)10(11)17/h3-4,14H,1-2H3,(H2,11,17)(H,12,13). The molecule has 19 heavy (non-hydrogen) atoms. The molecule has 0 amide bonds. The topological polar surface area (TPSA) is 101 Å². The Labute approximate surface area is 120 Å². The largest absolute Gasteiger partial charge is 0.389 e. The maximum absolute atomic E-state index is 12.2. The highest BCUT2D eigenvalue weighted by Gasteiger charge is 2.20. The van der Waals surface area contributed by atoms with Crippen LogP contribution in [0, 0.1) is 13.8 Å². The number of sulfonamides is 1. The smallest absolute Gasteiger partial charge is 0.271 e. The van der Waals surface area contributed by atoms with Crippen molar-refractivity contribution in [1.29, 1.82) is 0 Å². The van der Waals surface area contributed by atoms with E-state index in [1.165, 1.54) is 6.07 Å². The summed E-state index contributed by atoms with van der Waals surface area (Å²) in [7, 11) is -3.65. The van der Waals surface area contributed by atoms with Crippen LogP contribution in [0.5, 0.6) is 0 Å². The van der Waals surface area contributed by atoms with Gasteiger partial charge >= 0.3 is 0 Å². The van der Waals surface area contributed by atoms with Crippen LogP contribution in [0.2, 0.25) is 0 Å². The minimum atomic E-state index is -3.65. The molecule has 0 aromatic carbocycles. The number of hydrogen-bond acceptors (Lipinski definition) is 5. The van der Waals surface area contributed by atoms with Gasteiger partial charge in [-0.1, -0.05) is 12.2 Å². The van der Waals surface area contributed by atoms with Crippen molar-refractivity contribution in [3.8, 4) is 0 Å². The molecule has 2 rings (SSSR count). The zero-order valence-corrected chi connectivity index (χ0v) is 12.7. The Bertz CT molecular complexity index is 710. The number of rotatable bonds is 4. The van der Waals surface area contributed by atoms with Crippen molar-refractivity contribution >= 4 is 44.3 Å². The van der Waals surface area contributed by atoms with Crippen LogP contribution in [-0.2, 0) is 10.0 Å². The van der Waals surface area contributed by atoms with Crippen LogP contribution < -0.4 is 10.5 Å². The summed E-state index contributed by atoms with van der Waals surface area (Å²) in [6.45, 7) is 3.46. The number of thiophene rings is 1. The summed E-state index contributed by atoms with van der Waals surface area (Å²) in [4.78, 5) is 0.748. The van der Waals surface area contributed by atoms with Gasteiger partial charge in [-0.2, -0.15) is 5.10 Å². The molecule has 2 aromatic rings. The Kier molecular flexibility index (Phi) is 3.61. The van der Waals surface area contributed by atoms with Gasteiger partial charge in [0.25, 0.3) is 10.0 Å². The van der Waals surface area contributed by atoms with Crippen LogP contribution in [0.1, 0.15) is 16.3 Å². The first kappa shape index (κ1) is 14.0. The molecule has 6 nitrogen and oxygen atoms in total. The summed E-state index contributed by atoms with van der Waals surface area (Å²) in [6.07, 6.45) is 0. The molecule has 0 saturated heterocycles. The lowest BCUT2D eigenvalue weighted by molar-refractivity contribution is 0.603. The quantitative estimate of drug-likeness (QED) is 0.743. The van der Waals surface area contributed by atoms with Crippen LogP contribution >= 0.6 is 23.6 Å². The number of aromatic nitrogens is 2. The van der Waals surface area contributed by atoms with Crippen molar-refractivity contribution < 1.29 is 8.42 Å². The van der Waals surface area contributed by atoms with Crippen LogP contribution in [-0.4, -0.2) is 23.6 Å². The highest BCUT2D eigenvalue weighted by Crippen LogP contribution is 2.26. The van der Waals surface area contributed by atoms with Crippen molar-refractivity contribution in [2.45, 2.75) is 18.1 Å². The predicted octanol–water partition coefficient (Wildman–Crippen LogP) is 1.52. The van der Waals surface area contributed by atoms with Crippen molar-refractivity contribution in [2.24, 2.45) is 5.73 Å². The molecule has 0 saturated carbocycles. The van der Waals surface area contributed by atoms with E-state index in [9.17, 15) is 8.42 Å². The molecule has 2 aromatic heterocycles. The molecule has 0 atom stereocenters. The first-order chi connectivity index (χ1) is 8.81. The normalized spacial score (nSPS) is 11.5. The van der Waals surface area contributed by atoms with E-state index in [0.717, 1.165) is 11.3 Å². The number of nitrogens with two attached hydrogens (primary N) is 1. The van der Waals surface area contributed by atoms with Gasteiger partial charge in [0.1, 0.15) is 9.20 Å². The van der Waals surface area contributed by atoms with Gasteiger partial charge in [0.05, 0.1) is 22.0 Å². The zero-order valence-electron chi connectivity index (χ0n) is 10.2. The minimum absolute atomic E-state index is 0.162. The number of nitrogens with zero attached hydrogens (tertiary/aromatic N) is 1. The molecule has 0 spiro atoms. The average Bonchev–Trinajstić information content (AvgIpc) is 2.92. The Morgan fingerprint density at radius 1 is 1.47 bits per heavy atom. The molecule has 0 aliphatic heterocycles. The lowest BCUT2D eigenvalue weighted by Crippen LogP contribution is -2.12. The average molecular weight is 316 g/mol. The zero-order chi connectivity index (χ0) is 14.2. The van der Waals surface area contributed by atoms with E-state index in [0.29, 0.717) is 22.0 Å². The van der Waals surface area contributed by atoms with Crippen LogP contribution in [0.4, 0.5) is 5.69 Å². The Balaban J connectivity index is 2.35. The summed E-state index contributed by atoms with van der Waals surface area (Å²) >= 11 is 5.85. The van der Waals surface area contributed by atoms with E-state index in [-0.39, 0.29) is 9.20 Å². The molecule has 0 aliphatic carbocycles. The van der Waals surface area contributed by atoms with Gasteiger partial charge in [-0.05, 0) is 26.0 Å². The molecule has 0 radical (unpaired) electrons. The molecule has 0 aliphatic rings. The summed E-state index contributed by atoms with van der Waals surface area (Å²) in [5.74, 6) is 0. The molecular formula is C10H12N4O2S3. The van der Waals surface area contributed by atoms with Crippen molar-refractivity contribution in [2.75, 3.05) is 4.72 Å². The first-order valence-corrected chi connectivity index (χ1v) is 7.96. The van der Waals surface area contributed by atoms with Crippen LogP contribution in [0.15, 0.2) is 16.3 Å². The third-order valence-corrected chi connectivity index (χ3v) is 5.76. The second kappa shape index (κ2) is 4.91. The van der Waals surface area contributed by atoms with Crippen molar-refractivity contribution in [3.05, 3.63) is 28.4 Å². The lowest BCUT2D eigenvalue weighted by Gasteiger charge is -2.05. The molecular weight excluding hydrogens is 304 g/mol. The Morgan fingerprint density at radius 3 is 2.63 bits per heavy atom. The van der Waals surface area contributed by atoms with Gasteiger partial charge in [0.2, 0.25) is 0 Å². The number of anilines is 1. The van der Waals surface area contributed by atoms with Gasteiger partial charge in [0, 0.05) is 0 Å². The maximum Gasteiger partial charge on any atom is 0.271 e. The monoisotopic (exact) mass is 316 g/mol. The predicted molar refractivity (Wildman–Crippen MR) is 79.1 cm³/mol.